The molecule has 3 rings (SSSR count). The molecule has 1 aromatic heterocycles. The van der Waals surface area contributed by atoms with Crippen LogP contribution in [-0.4, -0.2) is 41.6 Å². The summed E-state index contributed by atoms with van der Waals surface area (Å²) in [5.41, 5.74) is 3.58. The maximum Gasteiger partial charge on any atom is 0.250 e. The van der Waals surface area contributed by atoms with Gasteiger partial charge in [0.15, 0.2) is 12.2 Å². The van der Waals surface area contributed by atoms with Gasteiger partial charge in [-0.3, -0.25) is 4.79 Å². The number of aliphatic imine (C=N–C) groups is 1. The molecule has 8 nitrogen and oxygen atoms in total. The molecule has 0 saturated carbocycles. The molecular formula is C12H17N5O3. The van der Waals surface area contributed by atoms with Gasteiger partial charge in [-0.05, 0) is 7.05 Å². The van der Waals surface area contributed by atoms with E-state index in [0.29, 0.717) is 31.0 Å². The van der Waals surface area contributed by atoms with Crippen LogP contribution in [0.4, 0.5) is 0 Å². The number of amides is 1. The topological polar surface area (TPSA) is 92.0 Å². The Labute approximate surface area is 116 Å². The molecule has 2 aliphatic rings. The van der Waals surface area contributed by atoms with Gasteiger partial charge < -0.3 is 19.5 Å². The molecule has 2 unspecified atom stereocenters. The summed E-state index contributed by atoms with van der Waals surface area (Å²) in [5.74, 6) is 1.08. The average molecular weight is 279 g/mol. The van der Waals surface area contributed by atoms with Crippen molar-refractivity contribution in [1.29, 1.82) is 0 Å². The Kier molecular flexibility index (Phi) is 3.41. The fourth-order valence-corrected chi connectivity index (χ4v) is 2.42. The number of carbonyl (C=O) groups excluding carboxylic acids is 1. The molecule has 3 heterocycles. The molecule has 0 aromatic carbocycles. The predicted octanol–water partition coefficient (Wildman–Crippen LogP) is -0.0533. The monoisotopic (exact) mass is 279 g/mol. The molecule has 0 aliphatic carbocycles. The molecule has 0 spiro atoms. The Balaban J connectivity index is 1.86. The van der Waals surface area contributed by atoms with Gasteiger partial charge in [0, 0.05) is 19.4 Å². The molecule has 0 bridgehead atoms. The Morgan fingerprint density at radius 1 is 1.60 bits per heavy atom. The van der Waals surface area contributed by atoms with Crippen molar-refractivity contribution in [2.45, 2.75) is 32.1 Å². The van der Waals surface area contributed by atoms with E-state index >= 15 is 0 Å². The first-order valence-corrected chi connectivity index (χ1v) is 6.63. The number of hydrogen-bond donors (Lipinski definition) is 2. The Morgan fingerprint density at radius 3 is 3.15 bits per heavy atom. The summed E-state index contributed by atoms with van der Waals surface area (Å²) >= 11 is 0. The van der Waals surface area contributed by atoms with Crippen LogP contribution in [0.15, 0.2) is 15.8 Å². The molecule has 1 aromatic rings. The Bertz CT molecular complexity index is 541. The lowest BCUT2D eigenvalue weighted by Crippen LogP contribution is -2.48. The lowest BCUT2D eigenvalue weighted by atomic mass is 10.1. The highest BCUT2D eigenvalue weighted by atomic mass is 16.7. The molecule has 2 aliphatic heterocycles. The van der Waals surface area contributed by atoms with Gasteiger partial charge >= 0.3 is 0 Å². The summed E-state index contributed by atoms with van der Waals surface area (Å²) < 4.78 is 5.35. The molecule has 0 saturated heterocycles. The van der Waals surface area contributed by atoms with Crippen LogP contribution in [0.5, 0.6) is 0 Å². The van der Waals surface area contributed by atoms with Crippen molar-refractivity contribution in [2.24, 2.45) is 4.99 Å². The average Bonchev–Trinajstić information content (AvgIpc) is 3.08. The lowest BCUT2D eigenvalue weighted by Gasteiger charge is -2.26. The van der Waals surface area contributed by atoms with Crippen LogP contribution < -0.4 is 10.8 Å². The maximum absolute atomic E-state index is 12.6. The van der Waals surface area contributed by atoms with Gasteiger partial charge in [0.25, 0.3) is 0 Å². The normalized spacial score (nSPS) is 26.0. The van der Waals surface area contributed by atoms with Gasteiger partial charge in [-0.15, -0.1) is 5.48 Å². The van der Waals surface area contributed by atoms with E-state index in [-0.39, 0.29) is 5.91 Å². The Morgan fingerprint density at radius 2 is 2.45 bits per heavy atom. The summed E-state index contributed by atoms with van der Waals surface area (Å²) in [5, 5.41) is 2.97. The number of nitrogens with one attached hydrogen (secondary N) is 2. The van der Waals surface area contributed by atoms with Gasteiger partial charge in [-0.25, -0.2) is 9.98 Å². The van der Waals surface area contributed by atoms with E-state index in [9.17, 15) is 4.79 Å². The van der Waals surface area contributed by atoms with Crippen molar-refractivity contribution in [2.75, 3.05) is 13.6 Å². The maximum atomic E-state index is 12.6. The van der Waals surface area contributed by atoms with Crippen LogP contribution in [0.1, 0.15) is 30.8 Å². The molecule has 2 atom stereocenters. The number of oxazole rings is 1. The molecule has 2 N–H and O–H groups in total. The summed E-state index contributed by atoms with van der Waals surface area (Å²) in [6.07, 6.45) is 2.20. The standard InChI is InChI=1S/C12H17N5O3/c1-3-8-15-12(16-20-8)17-5-4-7-10(19-6-14-7)9(13-2)11(17)18/h6,9,12-13,16H,3-5H2,1-2H3. The van der Waals surface area contributed by atoms with E-state index in [4.69, 9.17) is 9.25 Å². The van der Waals surface area contributed by atoms with Crippen molar-refractivity contribution in [1.82, 2.24) is 20.7 Å². The van der Waals surface area contributed by atoms with Crippen LogP contribution in [0.2, 0.25) is 0 Å². The molecular weight excluding hydrogens is 262 g/mol. The summed E-state index contributed by atoms with van der Waals surface area (Å²) in [4.78, 5) is 28.0. The number of rotatable bonds is 3. The van der Waals surface area contributed by atoms with E-state index in [1.165, 1.54) is 6.39 Å². The Hall–Kier alpha value is -1.93. The first-order valence-electron chi connectivity index (χ1n) is 6.63. The third-order valence-corrected chi connectivity index (χ3v) is 3.49. The number of fused-ring (bicyclic) bond motifs is 1. The number of hydroxylamine groups is 1. The zero-order chi connectivity index (χ0) is 14.1. The third-order valence-electron chi connectivity index (χ3n) is 3.49. The van der Waals surface area contributed by atoms with Crippen LogP contribution in [0, 0.1) is 0 Å². The van der Waals surface area contributed by atoms with Crippen LogP contribution in [0.25, 0.3) is 0 Å². The lowest BCUT2D eigenvalue weighted by molar-refractivity contribution is -0.137. The van der Waals surface area contributed by atoms with Crippen molar-refractivity contribution in [3.05, 3.63) is 17.8 Å². The van der Waals surface area contributed by atoms with Gasteiger partial charge in [0.2, 0.25) is 18.1 Å². The molecule has 108 valence electrons. The minimum absolute atomic E-state index is 0.106. The molecule has 0 radical (unpaired) electrons. The molecule has 20 heavy (non-hydrogen) atoms. The highest BCUT2D eigenvalue weighted by molar-refractivity contribution is 5.84. The van der Waals surface area contributed by atoms with Gasteiger partial charge in [0.05, 0.1) is 5.69 Å². The number of hydrogen-bond acceptors (Lipinski definition) is 7. The van der Waals surface area contributed by atoms with Crippen molar-refractivity contribution < 1.29 is 14.0 Å². The van der Waals surface area contributed by atoms with Crippen molar-refractivity contribution in [3.63, 3.8) is 0 Å². The number of aromatic nitrogens is 1. The first-order chi connectivity index (χ1) is 9.74. The second kappa shape index (κ2) is 5.22. The molecule has 1 amide bonds. The zero-order valence-electron chi connectivity index (χ0n) is 11.4. The fraction of sp³-hybridized carbons (Fsp3) is 0.583. The third kappa shape index (κ3) is 2.06. The van der Waals surface area contributed by atoms with Crippen LogP contribution >= 0.6 is 0 Å². The van der Waals surface area contributed by atoms with Crippen molar-refractivity contribution in [3.8, 4) is 0 Å². The minimum atomic E-state index is -0.544. The summed E-state index contributed by atoms with van der Waals surface area (Å²) in [7, 11) is 1.72. The second-order valence-electron chi connectivity index (χ2n) is 4.64. The molecule has 0 fully saturated rings. The smallest absolute Gasteiger partial charge is 0.250 e. The van der Waals surface area contributed by atoms with Gasteiger partial charge in [-0.1, -0.05) is 6.92 Å². The minimum Gasteiger partial charge on any atom is -0.446 e. The highest BCUT2D eigenvalue weighted by Gasteiger charge is 2.38. The fourth-order valence-electron chi connectivity index (χ4n) is 2.42. The zero-order valence-corrected chi connectivity index (χ0v) is 11.4. The van der Waals surface area contributed by atoms with E-state index in [2.05, 4.69) is 20.8 Å². The van der Waals surface area contributed by atoms with Crippen LogP contribution in [-0.2, 0) is 16.1 Å². The summed E-state index contributed by atoms with van der Waals surface area (Å²) in [6, 6.07) is -0.544. The quantitative estimate of drug-likeness (QED) is 0.806. The van der Waals surface area contributed by atoms with Crippen LogP contribution in [0.3, 0.4) is 0 Å². The van der Waals surface area contributed by atoms with E-state index in [0.717, 1.165) is 5.69 Å². The largest absolute Gasteiger partial charge is 0.446 e. The number of carbonyl (C=O) groups is 1. The summed E-state index contributed by atoms with van der Waals surface area (Å²) in [6.45, 7) is 2.46. The number of likely N-dealkylation sites (N-methyl/N-ethyl adjacent to an activating group) is 1. The van der Waals surface area contributed by atoms with E-state index < -0.39 is 12.3 Å². The second-order valence-corrected chi connectivity index (χ2v) is 4.64. The van der Waals surface area contributed by atoms with Gasteiger partial charge in [-0.2, -0.15) is 0 Å². The van der Waals surface area contributed by atoms with E-state index in [1.54, 1.807) is 11.9 Å². The molecule has 8 heteroatoms. The predicted molar refractivity (Wildman–Crippen MR) is 69.5 cm³/mol. The van der Waals surface area contributed by atoms with E-state index in [1.807, 2.05) is 6.92 Å². The highest BCUT2D eigenvalue weighted by Crippen LogP contribution is 2.25. The first kappa shape index (κ1) is 13.1. The van der Waals surface area contributed by atoms with Crippen molar-refractivity contribution >= 4 is 11.8 Å². The van der Waals surface area contributed by atoms with Gasteiger partial charge in [0.1, 0.15) is 6.04 Å². The SMILES string of the molecule is CCC1=NC(N2CCc3ncoc3C(NC)C2=O)NO1. The number of nitrogens with zero attached hydrogens (tertiary/aromatic N) is 3.